The molecule has 0 unspecified atom stereocenters. The van der Waals surface area contributed by atoms with Crippen molar-refractivity contribution in [3.8, 4) is 22.2 Å². The molecule has 12 heteroatoms. The Morgan fingerprint density at radius 1 is 1.14 bits per heavy atom. The average Bonchev–Trinajstić information content (AvgIpc) is 3.46. The second kappa shape index (κ2) is 12.2. The molecule has 0 saturated heterocycles. The standard InChI is InChI=1S/C25H35N5O5S2/c1-7-30(8-2)16-21-17(3)15-20(36-21)23-28-22(29-35-23)18-9-11-19(12-10-18)37(32,33)27-14-13-26-24(31)34-25(4,5)6/h9-12,15,27H,7-8,13-14,16H2,1-6H3,(H,26,31). The van der Waals surface area contributed by atoms with Gasteiger partial charge in [0.15, 0.2) is 0 Å². The Labute approximate surface area is 222 Å². The van der Waals surface area contributed by atoms with E-state index >= 15 is 0 Å². The Morgan fingerprint density at radius 2 is 1.81 bits per heavy atom. The fraction of sp³-hybridized carbons (Fsp3) is 0.480. The zero-order valence-electron chi connectivity index (χ0n) is 22.1. The maximum absolute atomic E-state index is 12.6. The highest BCUT2D eigenvalue weighted by atomic mass is 32.2. The summed E-state index contributed by atoms with van der Waals surface area (Å²) in [4.78, 5) is 20.8. The smallest absolute Gasteiger partial charge is 0.407 e. The van der Waals surface area contributed by atoms with E-state index in [1.807, 2.05) is 0 Å². The number of ether oxygens (including phenoxy) is 1. The van der Waals surface area contributed by atoms with Gasteiger partial charge in [0.2, 0.25) is 15.8 Å². The van der Waals surface area contributed by atoms with Crippen LogP contribution in [0.5, 0.6) is 0 Å². The predicted molar refractivity (Wildman–Crippen MR) is 144 cm³/mol. The van der Waals surface area contributed by atoms with Crippen LogP contribution in [0, 0.1) is 6.92 Å². The van der Waals surface area contributed by atoms with Crippen LogP contribution in [-0.2, 0) is 21.3 Å². The van der Waals surface area contributed by atoms with E-state index in [2.05, 4.69) is 51.9 Å². The van der Waals surface area contributed by atoms with E-state index in [0.717, 1.165) is 24.5 Å². The summed E-state index contributed by atoms with van der Waals surface area (Å²) in [6.07, 6.45) is -0.603. The molecule has 3 rings (SSSR count). The first-order valence-corrected chi connectivity index (χ1v) is 14.4. The molecule has 0 aliphatic carbocycles. The number of aryl methyl sites for hydroxylation is 1. The third-order valence-electron chi connectivity index (χ3n) is 5.43. The first-order chi connectivity index (χ1) is 17.4. The second-order valence-corrected chi connectivity index (χ2v) is 12.4. The van der Waals surface area contributed by atoms with Crippen LogP contribution in [0.25, 0.3) is 22.2 Å². The monoisotopic (exact) mass is 549 g/mol. The van der Waals surface area contributed by atoms with E-state index < -0.39 is 21.7 Å². The van der Waals surface area contributed by atoms with Crippen molar-refractivity contribution in [1.29, 1.82) is 0 Å². The van der Waals surface area contributed by atoms with Gasteiger partial charge in [0.1, 0.15) is 5.60 Å². The second-order valence-electron chi connectivity index (χ2n) is 9.45. The highest BCUT2D eigenvalue weighted by molar-refractivity contribution is 7.89. The summed E-state index contributed by atoms with van der Waals surface area (Å²) >= 11 is 1.64. The molecule has 202 valence electrons. The van der Waals surface area contributed by atoms with Gasteiger partial charge in [-0.1, -0.05) is 19.0 Å². The number of amides is 1. The highest BCUT2D eigenvalue weighted by Gasteiger charge is 2.19. The predicted octanol–water partition coefficient (Wildman–Crippen LogP) is 4.42. The lowest BCUT2D eigenvalue weighted by Crippen LogP contribution is -2.37. The molecule has 0 bridgehead atoms. The van der Waals surface area contributed by atoms with Gasteiger partial charge in [0.25, 0.3) is 5.89 Å². The fourth-order valence-electron chi connectivity index (χ4n) is 3.40. The number of carbonyl (C=O) groups excluding carboxylic acids is 1. The minimum atomic E-state index is -3.76. The SMILES string of the molecule is CCN(CC)Cc1sc(-c2nc(-c3ccc(S(=O)(=O)NCCNC(=O)OC(C)(C)C)cc3)no2)cc1C. The van der Waals surface area contributed by atoms with Gasteiger partial charge in [-0.15, -0.1) is 11.3 Å². The Kier molecular flexibility index (Phi) is 9.46. The number of rotatable bonds is 11. The molecule has 0 aliphatic rings. The number of hydrogen-bond donors (Lipinski definition) is 2. The summed E-state index contributed by atoms with van der Waals surface area (Å²) in [6, 6.07) is 8.28. The number of hydrogen-bond acceptors (Lipinski definition) is 9. The first kappa shape index (κ1) is 28.8. The number of alkyl carbamates (subject to hydrolysis) is 1. The molecule has 0 spiro atoms. The van der Waals surface area contributed by atoms with Gasteiger partial charge in [-0.25, -0.2) is 17.9 Å². The number of thiophene rings is 1. The number of aromatic nitrogens is 2. The lowest BCUT2D eigenvalue weighted by molar-refractivity contribution is 0.0529. The maximum atomic E-state index is 12.6. The Balaban J connectivity index is 1.61. The first-order valence-electron chi connectivity index (χ1n) is 12.1. The summed E-state index contributed by atoms with van der Waals surface area (Å²) in [5, 5.41) is 6.60. The van der Waals surface area contributed by atoms with Crippen LogP contribution >= 0.6 is 11.3 Å². The molecule has 2 aromatic heterocycles. The van der Waals surface area contributed by atoms with E-state index in [1.165, 1.54) is 22.6 Å². The Bertz CT molecular complexity index is 1290. The van der Waals surface area contributed by atoms with E-state index in [-0.39, 0.29) is 18.0 Å². The minimum Gasteiger partial charge on any atom is -0.444 e. The zero-order valence-corrected chi connectivity index (χ0v) is 23.8. The summed E-state index contributed by atoms with van der Waals surface area (Å²) in [5.41, 5.74) is 1.20. The van der Waals surface area contributed by atoms with Crippen molar-refractivity contribution in [3.63, 3.8) is 0 Å². The van der Waals surface area contributed by atoms with Crippen molar-refractivity contribution < 1.29 is 22.5 Å². The van der Waals surface area contributed by atoms with E-state index in [4.69, 9.17) is 9.26 Å². The number of nitrogens with one attached hydrogen (secondary N) is 2. The third kappa shape index (κ3) is 8.09. The Hall–Kier alpha value is -2.80. The molecule has 0 fully saturated rings. The molecule has 1 aromatic carbocycles. The maximum Gasteiger partial charge on any atom is 0.407 e. The van der Waals surface area contributed by atoms with E-state index in [0.29, 0.717) is 17.3 Å². The van der Waals surface area contributed by atoms with Gasteiger partial charge in [0.05, 0.1) is 9.77 Å². The van der Waals surface area contributed by atoms with Gasteiger partial charge >= 0.3 is 6.09 Å². The van der Waals surface area contributed by atoms with E-state index in [9.17, 15) is 13.2 Å². The van der Waals surface area contributed by atoms with Crippen LogP contribution in [0.4, 0.5) is 4.79 Å². The molecule has 0 atom stereocenters. The highest BCUT2D eigenvalue weighted by Crippen LogP contribution is 2.32. The van der Waals surface area contributed by atoms with Gasteiger partial charge in [-0.2, -0.15) is 4.98 Å². The number of benzene rings is 1. The molecule has 2 N–H and O–H groups in total. The lowest BCUT2D eigenvalue weighted by atomic mass is 10.2. The van der Waals surface area contributed by atoms with Crippen molar-refractivity contribution in [2.24, 2.45) is 0 Å². The zero-order chi connectivity index (χ0) is 27.2. The van der Waals surface area contributed by atoms with Crippen molar-refractivity contribution >= 4 is 27.5 Å². The van der Waals surface area contributed by atoms with Gasteiger partial charge in [-0.3, -0.25) is 4.90 Å². The van der Waals surface area contributed by atoms with Gasteiger partial charge in [-0.05, 0) is 76.7 Å². The van der Waals surface area contributed by atoms with Crippen LogP contribution < -0.4 is 10.0 Å². The van der Waals surface area contributed by atoms with Gasteiger partial charge < -0.3 is 14.6 Å². The Morgan fingerprint density at radius 3 is 2.43 bits per heavy atom. The van der Waals surface area contributed by atoms with Crippen molar-refractivity contribution in [3.05, 3.63) is 40.8 Å². The van der Waals surface area contributed by atoms with Crippen molar-refractivity contribution in [2.45, 2.75) is 58.6 Å². The van der Waals surface area contributed by atoms with Gasteiger partial charge in [0, 0.05) is 30.1 Å². The lowest BCUT2D eigenvalue weighted by Gasteiger charge is -2.19. The van der Waals surface area contributed by atoms with Crippen LogP contribution in [0.2, 0.25) is 0 Å². The normalized spacial score (nSPS) is 12.2. The molecule has 3 aromatic rings. The fourth-order valence-corrected chi connectivity index (χ4v) is 5.57. The summed E-state index contributed by atoms with van der Waals surface area (Å²) in [5.74, 6) is 0.814. The number of carbonyl (C=O) groups is 1. The number of nitrogens with zero attached hydrogens (tertiary/aromatic N) is 3. The van der Waals surface area contributed by atoms with Crippen molar-refractivity contribution in [1.82, 2.24) is 25.1 Å². The molecule has 0 aliphatic heterocycles. The molecular weight excluding hydrogens is 514 g/mol. The largest absolute Gasteiger partial charge is 0.444 e. The topological polar surface area (TPSA) is 127 Å². The van der Waals surface area contributed by atoms with E-state index in [1.54, 1.807) is 44.2 Å². The van der Waals surface area contributed by atoms with Crippen LogP contribution in [0.15, 0.2) is 39.8 Å². The molecule has 2 heterocycles. The molecule has 0 saturated carbocycles. The average molecular weight is 550 g/mol. The molecule has 0 radical (unpaired) electrons. The summed E-state index contributed by atoms with van der Waals surface area (Å²) < 4.78 is 38.3. The molecular formula is C25H35N5O5S2. The van der Waals surface area contributed by atoms with Crippen molar-refractivity contribution in [2.75, 3.05) is 26.2 Å². The number of sulfonamides is 1. The molecule has 1 amide bonds. The van der Waals surface area contributed by atoms with Crippen LogP contribution in [0.1, 0.15) is 45.1 Å². The molecule has 37 heavy (non-hydrogen) atoms. The third-order valence-corrected chi connectivity index (χ3v) is 8.11. The minimum absolute atomic E-state index is 0.0218. The summed E-state index contributed by atoms with van der Waals surface area (Å²) in [6.45, 7) is 14.6. The molecule has 10 nitrogen and oxygen atoms in total. The van der Waals surface area contributed by atoms with Crippen LogP contribution in [-0.4, -0.2) is 61.3 Å². The van der Waals surface area contributed by atoms with Crippen LogP contribution in [0.3, 0.4) is 0 Å². The quantitative estimate of drug-likeness (QED) is 0.337. The summed E-state index contributed by atoms with van der Waals surface area (Å²) in [7, 11) is -3.76.